The molecule has 0 amide bonds. The fourth-order valence-corrected chi connectivity index (χ4v) is 2.28. The van der Waals surface area contributed by atoms with Gasteiger partial charge in [-0.15, -0.1) is 0 Å². The number of nitrogens with two attached hydrogens (primary N) is 1. The molecule has 0 aliphatic heterocycles. The van der Waals surface area contributed by atoms with Crippen molar-refractivity contribution in [2.24, 2.45) is 11.7 Å². The third-order valence-electron chi connectivity index (χ3n) is 3.63. The zero-order valence-electron chi connectivity index (χ0n) is 9.79. The van der Waals surface area contributed by atoms with E-state index in [1.165, 1.54) is 19.3 Å². The van der Waals surface area contributed by atoms with Crippen LogP contribution in [0.2, 0.25) is 0 Å². The van der Waals surface area contributed by atoms with Crippen LogP contribution in [0.4, 0.5) is 0 Å². The monoisotopic (exact) mass is 227 g/mol. The smallest absolute Gasteiger partial charge is 0.0799 e. The van der Waals surface area contributed by atoms with Crippen molar-refractivity contribution in [3.05, 3.63) is 48.3 Å². The Kier molecular flexibility index (Phi) is 2.69. The maximum atomic E-state index is 6.22. The standard InChI is InChI=1S/C14H17N3/c15-14(11-5-4-6-11)13-9-10-17(16-13)12-7-2-1-3-8-12/h1-3,7-11,14H,4-6,15H2. The van der Waals surface area contributed by atoms with Gasteiger partial charge < -0.3 is 5.73 Å². The molecule has 2 aromatic rings. The Morgan fingerprint density at radius 2 is 1.94 bits per heavy atom. The van der Waals surface area contributed by atoms with Crippen molar-refractivity contribution in [1.82, 2.24) is 9.78 Å². The molecule has 0 radical (unpaired) electrons. The van der Waals surface area contributed by atoms with Gasteiger partial charge in [0.15, 0.2) is 0 Å². The Hall–Kier alpha value is -1.61. The summed E-state index contributed by atoms with van der Waals surface area (Å²) in [5.74, 6) is 0.633. The first-order valence-corrected chi connectivity index (χ1v) is 6.21. The number of hydrogen-bond acceptors (Lipinski definition) is 2. The van der Waals surface area contributed by atoms with Crippen LogP contribution in [0.15, 0.2) is 42.6 Å². The van der Waals surface area contributed by atoms with Crippen molar-refractivity contribution in [1.29, 1.82) is 0 Å². The average Bonchev–Trinajstić information content (AvgIpc) is 2.77. The minimum Gasteiger partial charge on any atom is -0.322 e. The highest BCUT2D eigenvalue weighted by Crippen LogP contribution is 2.35. The molecule has 1 aliphatic rings. The van der Waals surface area contributed by atoms with Crippen LogP contribution in [0.3, 0.4) is 0 Å². The topological polar surface area (TPSA) is 43.8 Å². The zero-order valence-corrected chi connectivity index (χ0v) is 9.79. The average molecular weight is 227 g/mol. The van der Waals surface area contributed by atoms with Crippen LogP contribution in [0.5, 0.6) is 0 Å². The van der Waals surface area contributed by atoms with Crippen LogP contribution in [-0.2, 0) is 0 Å². The first-order valence-electron chi connectivity index (χ1n) is 6.21. The normalized spacial score (nSPS) is 17.7. The van der Waals surface area contributed by atoms with Gasteiger partial charge >= 0.3 is 0 Å². The van der Waals surface area contributed by atoms with E-state index in [-0.39, 0.29) is 6.04 Å². The summed E-state index contributed by atoms with van der Waals surface area (Å²) in [6.45, 7) is 0. The number of para-hydroxylation sites is 1. The van der Waals surface area contributed by atoms with Gasteiger partial charge in [-0.1, -0.05) is 24.6 Å². The molecule has 1 aromatic carbocycles. The van der Waals surface area contributed by atoms with Gasteiger partial charge in [-0.25, -0.2) is 4.68 Å². The predicted molar refractivity (Wildman–Crippen MR) is 67.8 cm³/mol. The van der Waals surface area contributed by atoms with E-state index in [4.69, 9.17) is 5.73 Å². The molecule has 17 heavy (non-hydrogen) atoms. The summed E-state index contributed by atoms with van der Waals surface area (Å²) < 4.78 is 1.90. The van der Waals surface area contributed by atoms with Gasteiger partial charge in [-0.3, -0.25) is 0 Å². The minimum atomic E-state index is 0.105. The van der Waals surface area contributed by atoms with Crippen molar-refractivity contribution >= 4 is 0 Å². The lowest BCUT2D eigenvalue weighted by molar-refractivity contribution is 0.260. The Labute approximate surface area is 101 Å². The number of hydrogen-bond donors (Lipinski definition) is 1. The van der Waals surface area contributed by atoms with E-state index >= 15 is 0 Å². The zero-order chi connectivity index (χ0) is 11.7. The Morgan fingerprint density at radius 3 is 2.59 bits per heavy atom. The lowest BCUT2D eigenvalue weighted by Gasteiger charge is -2.30. The summed E-state index contributed by atoms with van der Waals surface area (Å²) in [6, 6.07) is 12.3. The molecule has 1 fully saturated rings. The van der Waals surface area contributed by atoms with Gasteiger partial charge in [0.25, 0.3) is 0 Å². The summed E-state index contributed by atoms with van der Waals surface area (Å²) in [6.07, 6.45) is 5.81. The number of nitrogens with zero attached hydrogens (tertiary/aromatic N) is 2. The molecule has 1 aromatic heterocycles. The van der Waals surface area contributed by atoms with Crippen LogP contribution < -0.4 is 5.73 Å². The molecule has 1 unspecified atom stereocenters. The van der Waals surface area contributed by atoms with Gasteiger partial charge in [0, 0.05) is 6.20 Å². The fraction of sp³-hybridized carbons (Fsp3) is 0.357. The van der Waals surface area contributed by atoms with Crippen molar-refractivity contribution in [2.45, 2.75) is 25.3 Å². The van der Waals surface area contributed by atoms with Crippen molar-refractivity contribution < 1.29 is 0 Å². The van der Waals surface area contributed by atoms with Gasteiger partial charge in [0.05, 0.1) is 17.4 Å². The third kappa shape index (κ3) is 1.98. The molecular weight excluding hydrogens is 210 g/mol. The summed E-state index contributed by atoms with van der Waals surface area (Å²) >= 11 is 0. The predicted octanol–water partition coefficient (Wildman–Crippen LogP) is 2.67. The first kappa shape index (κ1) is 10.5. The molecule has 0 spiro atoms. The summed E-state index contributed by atoms with van der Waals surface area (Å²) in [5.41, 5.74) is 8.31. The molecule has 88 valence electrons. The van der Waals surface area contributed by atoms with E-state index < -0.39 is 0 Å². The highest BCUT2D eigenvalue weighted by atomic mass is 15.3. The number of benzene rings is 1. The van der Waals surface area contributed by atoms with Crippen molar-refractivity contribution in [2.75, 3.05) is 0 Å². The second-order valence-electron chi connectivity index (χ2n) is 4.74. The quantitative estimate of drug-likeness (QED) is 0.876. The molecule has 1 saturated carbocycles. The molecule has 3 nitrogen and oxygen atoms in total. The van der Waals surface area contributed by atoms with Crippen LogP contribution in [0.25, 0.3) is 5.69 Å². The largest absolute Gasteiger partial charge is 0.322 e. The molecule has 3 heteroatoms. The Morgan fingerprint density at radius 1 is 1.18 bits per heavy atom. The van der Waals surface area contributed by atoms with Crippen LogP contribution in [-0.4, -0.2) is 9.78 Å². The van der Waals surface area contributed by atoms with Crippen LogP contribution in [0.1, 0.15) is 31.0 Å². The second-order valence-corrected chi connectivity index (χ2v) is 4.74. The molecule has 1 heterocycles. The molecular formula is C14H17N3. The van der Waals surface area contributed by atoms with Gasteiger partial charge in [-0.05, 0) is 37.0 Å². The Balaban J connectivity index is 1.82. The lowest BCUT2D eigenvalue weighted by Crippen LogP contribution is -2.27. The van der Waals surface area contributed by atoms with Crippen LogP contribution in [0, 0.1) is 5.92 Å². The number of aromatic nitrogens is 2. The van der Waals surface area contributed by atoms with Crippen LogP contribution >= 0.6 is 0 Å². The summed E-state index contributed by atoms with van der Waals surface area (Å²) in [4.78, 5) is 0. The van der Waals surface area contributed by atoms with Crippen molar-refractivity contribution in [3.8, 4) is 5.69 Å². The van der Waals surface area contributed by atoms with E-state index in [1.807, 2.05) is 47.3 Å². The lowest BCUT2D eigenvalue weighted by atomic mass is 9.79. The molecule has 1 atom stereocenters. The second kappa shape index (κ2) is 4.34. The maximum Gasteiger partial charge on any atom is 0.0799 e. The number of rotatable bonds is 3. The third-order valence-corrected chi connectivity index (χ3v) is 3.63. The molecule has 2 N–H and O–H groups in total. The van der Waals surface area contributed by atoms with Crippen molar-refractivity contribution in [3.63, 3.8) is 0 Å². The van der Waals surface area contributed by atoms with E-state index in [1.54, 1.807) is 0 Å². The summed E-state index contributed by atoms with van der Waals surface area (Å²) in [7, 11) is 0. The summed E-state index contributed by atoms with van der Waals surface area (Å²) in [5, 5.41) is 4.58. The van der Waals surface area contributed by atoms with E-state index in [2.05, 4.69) is 5.10 Å². The molecule has 0 saturated heterocycles. The van der Waals surface area contributed by atoms with E-state index in [0.29, 0.717) is 5.92 Å². The van der Waals surface area contributed by atoms with Gasteiger partial charge in [0.2, 0.25) is 0 Å². The van der Waals surface area contributed by atoms with E-state index in [0.717, 1.165) is 11.4 Å². The SMILES string of the molecule is NC(c1ccn(-c2ccccc2)n1)C1CCC1. The first-order chi connectivity index (χ1) is 8.34. The molecule has 1 aliphatic carbocycles. The Bertz CT molecular complexity index is 485. The van der Waals surface area contributed by atoms with E-state index in [9.17, 15) is 0 Å². The molecule has 3 rings (SSSR count). The maximum absolute atomic E-state index is 6.22. The minimum absolute atomic E-state index is 0.105. The highest BCUT2D eigenvalue weighted by molar-refractivity contribution is 5.30. The fourth-order valence-electron chi connectivity index (χ4n) is 2.28. The highest BCUT2D eigenvalue weighted by Gasteiger charge is 2.26. The van der Waals surface area contributed by atoms with Gasteiger partial charge in [0.1, 0.15) is 0 Å². The molecule has 0 bridgehead atoms. The van der Waals surface area contributed by atoms with Gasteiger partial charge in [-0.2, -0.15) is 5.10 Å².